The second-order valence-corrected chi connectivity index (χ2v) is 8.22. The molecule has 0 radical (unpaired) electrons. The minimum absolute atomic E-state index is 0.311. The van der Waals surface area contributed by atoms with E-state index in [1.165, 1.54) is 25.7 Å². The molecule has 3 aromatic rings. The zero-order valence-electron chi connectivity index (χ0n) is 16.4. The summed E-state index contributed by atoms with van der Waals surface area (Å²) in [4.78, 5) is 9.62. The van der Waals surface area contributed by atoms with E-state index in [9.17, 15) is 0 Å². The number of para-hydroxylation sites is 1. The van der Waals surface area contributed by atoms with E-state index in [2.05, 4.69) is 73.3 Å². The number of rotatable bonds is 3. The average Bonchev–Trinajstić information content (AvgIpc) is 3.38. The van der Waals surface area contributed by atoms with Crippen molar-refractivity contribution < 1.29 is 4.42 Å². The maximum Gasteiger partial charge on any atom is 0.227 e. The molecular weight excluding hydrogens is 334 g/mol. The van der Waals surface area contributed by atoms with E-state index in [1.54, 1.807) is 0 Å². The second-order valence-electron chi connectivity index (χ2n) is 8.22. The maximum absolute atomic E-state index is 6.29. The number of fused-ring (bicyclic) bond motifs is 3. The van der Waals surface area contributed by atoms with Crippen LogP contribution >= 0.6 is 0 Å². The number of nitrogens with zero attached hydrogens (tertiary/aromatic N) is 3. The number of aromatic nitrogens is 1. The van der Waals surface area contributed by atoms with Crippen LogP contribution in [0.3, 0.4) is 0 Å². The van der Waals surface area contributed by atoms with E-state index < -0.39 is 0 Å². The highest BCUT2D eigenvalue weighted by atomic mass is 16.3. The normalized spacial score (nSPS) is 20.8. The van der Waals surface area contributed by atoms with Crippen LogP contribution in [-0.2, 0) is 0 Å². The summed E-state index contributed by atoms with van der Waals surface area (Å²) in [6.45, 7) is 6.61. The highest BCUT2D eigenvalue weighted by Crippen LogP contribution is 2.38. The van der Waals surface area contributed by atoms with Gasteiger partial charge in [-0.15, -0.1) is 0 Å². The van der Waals surface area contributed by atoms with Crippen molar-refractivity contribution in [1.82, 2.24) is 9.88 Å². The molecule has 0 spiro atoms. The van der Waals surface area contributed by atoms with Crippen molar-refractivity contribution in [1.29, 1.82) is 0 Å². The predicted octanol–water partition coefficient (Wildman–Crippen LogP) is 5.99. The zero-order valence-corrected chi connectivity index (χ0v) is 16.4. The molecule has 0 bridgehead atoms. The highest BCUT2D eigenvalue weighted by molar-refractivity contribution is 6.08. The van der Waals surface area contributed by atoms with Gasteiger partial charge < -0.3 is 14.2 Å². The molecule has 1 fully saturated rings. The first-order valence-corrected chi connectivity index (χ1v) is 10.2. The fraction of sp³-hybridized carbons (Fsp3) is 0.435. The van der Waals surface area contributed by atoms with Gasteiger partial charge in [0, 0.05) is 34.9 Å². The summed E-state index contributed by atoms with van der Waals surface area (Å²) >= 11 is 0. The first kappa shape index (κ1) is 16.7. The Morgan fingerprint density at radius 3 is 2.63 bits per heavy atom. The molecule has 0 saturated heterocycles. The molecule has 2 aliphatic rings. The van der Waals surface area contributed by atoms with Gasteiger partial charge >= 0.3 is 0 Å². The third-order valence-electron chi connectivity index (χ3n) is 6.21. The van der Waals surface area contributed by atoms with Gasteiger partial charge in [-0.25, -0.2) is 4.98 Å². The predicted molar refractivity (Wildman–Crippen MR) is 111 cm³/mol. The van der Waals surface area contributed by atoms with Crippen LogP contribution in [-0.4, -0.2) is 22.1 Å². The highest BCUT2D eigenvalue weighted by Gasteiger charge is 2.31. The summed E-state index contributed by atoms with van der Waals surface area (Å²) < 4.78 is 6.29. The van der Waals surface area contributed by atoms with Gasteiger partial charge in [0.2, 0.25) is 5.71 Å². The lowest BCUT2D eigenvalue weighted by atomic mass is 10.1. The number of furan rings is 1. The molecule has 3 heterocycles. The number of hydrogen-bond acceptors (Lipinski definition) is 4. The quantitative estimate of drug-likeness (QED) is 0.574. The smallest absolute Gasteiger partial charge is 0.227 e. The summed E-state index contributed by atoms with van der Waals surface area (Å²) in [7, 11) is 0. The molecule has 1 aliphatic carbocycles. The van der Waals surface area contributed by atoms with Gasteiger partial charge in [0.1, 0.15) is 6.17 Å². The molecule has 0 N–H and O–H groups in total. The Morgan fingerprint density at radius 2 is 1.85 bits per heavy atom. The SMILES string of the molecule is CC(C)c1ccc2c(n1)oc1c(N3C=CN(C4CCCC4)[C@@H]3C)cccc12. The number of benzene rings is 1. The lowest BCUT2D eigenvalue weighted by molar-refractivity contribution is 0.237. The Balaban J connectivity index is 1.57. The van der Waals surface area contributed by atoms with Crippen LogP contribution in [0.5, 0.6) is 0 Å². The van der Waals surface area contributed by atoms with E-state index in [4.69, 9.17) is 9.40 Å². The molecule has 1 atom stereocenters. The van der Waals surface area contributed by atoms with Crippen LogP contribution < -0.4 is 4.90 Å². The van der Waals surface area contributed by atoms with Crippen LogP contribution in [0.4, 0.5) is 5.69 Å². The molecule has 0 unspecified atom stereocenters. The van der Waals surface area contributed by atoms with Gasteiger partial charge in [-0.1, -0.05) is 38.8 Å². The number of hydrogen-bond donors (Lipinski definition) is 0. The first-order valence-electron chi connectivity index (χ1n) is 10.2. The topological polar surface area (TPSA) is 32.5 Å². The summed E-state index contributed by atoms with van der Waals surface area (Å²) in [5.74, 6) is 0.392. The van der Waals surface area contributed by atoms with Gasteiger partial charge in [0.05, 0.1) is 5.69 Å². The van der Waals surface area contributed by atoms with Crippen molar-refractivity contribution >= 4 is 27.8 Å². The van der Waals surface area contributed by atoms with E-state index in [0.29, 0.717) is 18.1 Å². The van der Waals surface area contributed by atoms with Gasteiger partial charge in [-0.05, 0) is 43.9 Å². The van der Waals surface area contributed by atoms with E-state index in [1.807, 2.05) is 0 Å². The number of pyridine rings is 1. The second kappa shape index (κ2) is 6.29. The molecule has 1 saturated carbocycles. The molecular formula is C23H27N3O. The maximum atomic E-state index is 6.29. The van der Waals surface area contributed by atoms with Gasteiger partial charge in [-0.3, -0.25) is 0 Å². The molecule has 5 rings (SSSR count). The van der Waals surface area contributed by atoms with Crippen LogP contribution in [0.1, 0.15) is 58.1 Å². The van der Waals surface area contributed by atoms with Gasteiger partial charge in [0.25, 0.3) is 0 Å². The zero-order chi connectivity index (χ0) is 18.5. The van der Waals surface area contributed by atoms with Crippen LogP contribution in [0.25, 0.3) is 22.1 Å². The fourth-order valence-electron chi connectivity index (χ4n) is 4.66. The Labute approximate surface area is 160 Å². The molecule has 4 heteroatoms. The van der Waals surface area contributed by atoms with E-state index in [0.717, 1.165) is 33.5 Å². The van der Waals surface area contributed by atoms with Crippen molar-refractivity contribution in [2.24, 2.45) is 0 Å². The summed E-state index contributed by atoms with van der Waals surface area (Å²) in [5, 5.41) is 2.24. The Morgan fingerprint density at radius 1 is 1.04 bits per heavy atom. The number of anilines is 1. The summed E-state index contributed by atoms with van der Waals surface area (Å²) in [6.07, 6.45) is 10.1. The lowest BCUT2D eigenvalue weighted by Gasteiger charge is -2.33. The molecule has 0 amide bonds. The molecule has 1 aliphatic heterocycles. The molecule has 140 valence electrons. The standard InChI is InChI=1S/C23H27N3O/c1-15(2)20-12-11-19-18-9-6-10-21(22(18)27-23(19)24-20)26-14-13-25(16(26)3)17-7-4-5-8-17/h6,9-17H,4-5,7-8H2,1-3H3/t16-/m0/s1. The third kappa shape index (κ3) is 2.61. The molecule has 1 aromatic carbocycles. The third-order valence-corrected chi connectivity index (χ3v) is 6.21. The van der Waals surface area contributed by atoms with Gasteiger partial charge in [0.15, 0.2) is 5.58 Å². The van der Waals surface area contributed by atoms with E-state index in [-0.39, 0.29) is 0 Å². The van der Waals surface area contributed by atoms with Crippen LogP contribution in [0.2, 0.25) is 0 Å². The average molecular weight is 361 g/mol. The minimum Gasteiger partial charge on any atom is -0.435 e. The minimum atomic E-state index is 0.311. The molecule has 2 aromatic heterocycles. The van der Waals surface area contributed by atoms with Crippen molar-refractivity contribution in [2.75, 3.05) is 4.90 Å². The Hall–Kier alpha value is -2.49. The van der Waals surface area contributed by atoms with Crippen LogP contribution in [0.15, 0.2) is 47.1 Å². The van der Waals surface area contributed by atoms with E-state index >= 15 is 0 Å². The van der Waals surface area contributed by atoms with Crippen molar-refractivity contribution in [2.45, 2.75) is 64.6 Å². The van der Waals surface area contributed by atoms with Crippen LogP contribution in [0, 0.1) is 0 Å². The fourth-order valence-corrected chi connectivity index (χ4v) is 4.66. The Bertz CT molecular complexity index is 1010. The summed E-state index contributed by atoms with van der Waals surface area (Å²) in [5.41, 5.74) is 3.88. The van der Waals surface area contributed by atoms with Crippen molar-refractivity contribution in [3.8, 4) is 0 Å². The van der Waals surface area contributed by atoms with Gasteiger partial charge in [-0.2, -0.15) is 0 Å². The van der Waals surface area contributed by atoms with Crippen molar-refractivity contribution in [3.05, 3.63) is 48.4 Å². The first-order chi connectivity index (χ1) is 13.1. The Kier molecular flexibility index (Phi) is 3.88. The monoisotopic (exact) mass is 361 g/mol. The summed E-state index contributed by atoms with van der Waals surface area (Å²) in [6, 6.07) is 11.4. The largest absolute Gasteiger partial charge is 0.435 e. The molecule has 27 heavy (non-hydrogen) atoms. The lowest BCUT2D eigenvalue weighted by Crippen LogP contribution is -2.40. The molecule has 4 nitrogen and oxygen atoms in total. The van der Waals surface area contributed by atoms with Crippen molar-refractivity contribution in [3.63, 3.8) is 0 Å².